The van der Waals surface area contributed by atoms with E-state index in [1.165, 1.54) is 55.9 Å². The van der Waals surface area contributed by atoms with E-state index in [9.17, 15) is 23.1 Å². The minimum atomic E-state index is -5.09. The smallest absolute Gasteiger partial charge is 0.438 e. The molecule has 9 heteroatoms. The van der Waals surface area contributed by atoms with Crippen molar-refractivity contribution in [2.24, 2.45) is 5.10 Å². The number of nitrogens with zero attached hydrogens (tertiary/aromatic N) is 3. The van der Waals surface area contributed by atoms with E-state index in [2.05, 4.69) is 10.1 Å². The molecule has 3 rings (SSSR count). The quantitative estimate of drug-likeness (QED) is 0.907. The van der Waals surface area contributed by atoms with Crippen LogP contribution in [0.15, 0.2) is 53.9 Å². The van der Waals surface area contributed by atoms with E-state index >= 15 is 0 Å². The van der Waals surface area contributed by atoms with E-state index in [0.717, 1.165) is 0 Å². The molecule has 1 N–H and O–H groups in total. The number of alkyl halides is 3. The summed E-state index contributed by atoms with van der Waals surface area (Å²) in [5.41, 5.74) is -3.21. The van der Waals surface area contributed by atoms with Crippen LogP contribution in [0.4, 0.5) is 13.2 Å². The average molecular weight is 365 g/mol. The highest BCUT2D eigenvalue weighted by Gasteiger charge is 2.63. The Kier molecular flexibility index (Phi) is 4.41. The number of hydrogen-bond acceptors (Lipinski definition) is 5. The normalized spacial score (nSPS) is 20.0. The van der Waals surface area contributed by atoms with Gasteiger partial charge in [-0.15, -0.1) is 0 Å². The molecule has 1 aromatic heterocycles. The predicted molar refractivity (Wildman–Crippen MR) is 85.6 cm³/mol. The van der Waals surface area contributed by atoms with Crippen LogP contribution < -0.4 is 4.74 Å². The number of aliphatic hydroxyl groups is 1. The standard InChI is InChI=1S/C17H14F3N3O3/c1-26-13-4-2-12(3-5-13)15(24)23-16(25,17(18,19)20)10-14(22-23)11-6-8-21-9-7-11/h2-9,25H,10H2,1H3/t16-/m1/s1. The number of amides is 1. The first-order valence-electron chi connectivity index (χ1n) is 7.52. The molecule has 2 heterocycles. The lowest BCUT2D eigenvalue weighted by atomic mass is 10.0. The number of carbonyl (C=O) groups is 1. The van der Waals surface area contributed by atoms with Gasteiger partial charge in [0.05, 0.1) is 19.2 Å². The van der Waals surface area contributed by atoms with Crippen molar-refractivity contribution in [3.05, 3.63) is 59.9 Å². The summed E-state index contributed by atoms with van der Waals surface area (Å²) in [6.45, 7) is 0. The molecule has 26 heavy (non-hydrogen) atoms. The second kappa shape index (κ2) is 6.41. The Morgan fingerprint density at radius 1 is 1.19 bits per heavy atom. The maximum absolute atomic E-state index is 13.5. The zero-order valence-corrected chi connectivity index (χ0v) is 13.6. The number of hydrogen-bond donors (Lipinski definition) is 1. The van der Waals surface area contributed by atoms with Crippen molar-refractivity contribution in [1.82, 2.24) is 9.99 Å². The average Bonchev–Trinajstić information content (AvgIpc) is 3.01. The van der Waals surface area contributed by atoms with Gasteiger partial charge in [0, 0.05) is 23.5 Å². The van der Waals surface area contributed by atoms with Crippen molar-refractivity contribution in [3.8, 4) is 5.75 Å². The number of methoxy groups -OCH3 is 1. The fraction of sp³-hybridized carbons (Fsp3) is 0.235. The number of carbonyl (C=O) groups excluding carboxylic acids is 1. The molecule has 0 fully saturated rings. The maximum atomic E-state index is 13.5. The second-order valence-electron chi connectivity index (χ2n) is 5.62. The second-order valence-corrected chi connectivity index (χ2v) is 5.62. The molecular formula is C17H14F3N3O3. The van der Waals surface area contributed by atoms with Gasteiger partial charge in [-0.3, -0.25) is 9.78 Å². The van der Waals surface area contributed by atoms with Crippen molar-refractivity contribution in [2.45, 2.75) is 18.3 Å². The van der Waals surface area contributed by atoms with Crippen LogP contribution in [-0.4, -0.2) is 45.7 Å². The van der Waals surface area contributed by atoms with Gasteiger partial charge in [0.1, 0.15) is 5.75 Å². The van der Waals surface area contributed by atoms with Gasteiger partial charge in [0.15, 0.2) is 0 Å². The number of aromatic nitrogens is 1. The van der Waals surface area contributed by atoms with Crippen LogP contribution in [0.3, 0.4) is 0 Å². The highest BCUT2D eigenvalue weighted by Crippen LogP contribution is 2.42. The van der Waals surface area contributed by atoms with E-state index in [-0.39, 0.29) is 16.3 Å². The number of ether oxygens (including phenoxy) is 1. The molecule has 0 radical (unpaired) electrons. The van der Waals surface area contributed by atoms with Gasteiger partial charge >= 0.3 is 6.18 Å². The molecule has 0 spiro atoms. The minimum Gasteiger partial charge on any atom is -0.497 e. The molecule has 1 atom stereocenters. The van der Waals surface area contributed by atoms with Crippen LogP contribution in [0.2, 0.25) is 0 Å². The topological polar surface area (TPSA) is 75.0 Å². The first kappa shape index (κ1) is 17.9. The van der Waals surface area contributed by atoms with Crippen LogP contribution in [-0.2, 0) is 0 Å². The molecule has 136 valence electrons. The summed E-state index contributed by atoms with van der Waals surface area (Å²) >= 11 is 0. The van der Waals surface area contributed by atoms with E-state index < -0.39 is 24.2 Å². The zero-order chi connectivity index (χ0) is 18.9. The molecule has 6 nitrogen and oxygen atoms in total. The van der Waals surface area contributed by atoms with Gasteiger partial charge in [-0.1, -0.05) is 0 Å². The highest BCUT2D eigenvalue weighted by molar-refractivity contribution is 6.05. The van der Waals surface area contributed by atoms with Crippen LogP contribution in [0.5, 0.6) is 5.75 Å². The number of benzene rings is 1. The van der Waals surface area contributed by atoms with Gasteiger partial charge in [0.2, 0.25) is 0 Å². The van der Waals surface area contributed by atoms with E-state index in [0.29, 0.717) is 11.3 Å². The highest BCUT2D eigenvalue weighted by atomic mass is 19.4. The molecule has 1 aliphatic rings. The van der Waals surface area contributed by atoms with E-state index in [1.54, 1.807) is 0 Å². The molecule has 0 bridgehead atoms. The lowest BCUT2D eigenvalue weighted by Gasteiger charge is -2.32. The summed E-state index contributed by atoms with van der Waals surface area (Å²) in [4.78, 5) is 16.4. The molecule has 0 saturated carbocycles. The van der Waals surface area contributed by atoms with Gasteiger partial charge in [-0.05, 0) is 36.4 Å². The number of pyridine rings is 1. The number of hydrazone groups is 1. The van der Waals surface area contributed by atoms with Crippen molar-refractivity contribution in [2.75, 3.05) is 7.11 Å². The third-order valence-electron chi connectivity index (χ3n) is 3.98. The van der Waals surface area contributed by atoms with Crippen molar-refractivity contribution < 1.29 is 27.8 Å². The van der Waals surface area contributed by atoms with Gasteiger partial charge < -0.3 is 9.84 Å². The summed E-state index contributed by atoms with van der Waals surface area (Å²) in [7, 11) is 1.42. The molecule has 1 amide bonds. The summed E-state index contributed by atoms with van der Waals surface area (Å²) < 4.78 is 45.5. The summed E-state index contributed by atoms with van der Waals surface area (Å²) in [5.74, 6) is -0.633. The summed E-state index contributed by atoms with van der Waals surface area (Å²) in [5, 5.41) is 14.1. The third-order valence-corrected chi connectivity index (χ3v) is 3.98. The van der Waals surface area contributed by atoms with Crippen LogP contribution in [0, 0.1) is 0 Å². The molecule has 1 aromatic carbocycles. The Bertz CT molecular complexity index is 838. The Balaban J connectivity index is 2.01. The molecule has 0 aliphatic carbocycles. The zero-order valence-electron chi connectivity index (χ0n) is 13.6. The Morgan fingerprint density at radius 3 is 2.35 bits per heavy atom. The fourth-order valence-corrected chi connectivity index (χ4v) is 2.54. The Hall–Kier alpha value is -2.94. The number of rotatable bonds is 3. The van der Waals surface area contributed by atoms with Gasteiger partial charge in [-0.25, -0.2) is 0 Å². The molecule has 0 saturated heterocycles. The van der Waals surface area contributed by atoms with Crippen LogP contribution >= 0.6 is 0 Å². The lowest BCUT2D eigenvalue weighted by molar-refractivity contribution is -0.297. The molecule has 1 aliphatic heterocycles. The minimum absolute atomic E-state index is 0.0610. The first-order chi connectivity index (χ1) is 12.3. The first-order valence-corrected chi connectivity index (χ1v) is 7.52. The van der Waals surface area contributed by atoms with Gasteiger partial charge in [-0.2, -0.15) is 23.3 Å². The Labute approximate surface area is 146 Å². The summed E-state index contributed by atoms with van der Waals surface area (Å²) in [6.07, 6.45) is -3.19. The monoisotopic (exact) mass is 365 g/mol. The van der Waals surface area contributed by atoms with Crippen LogP contribution in [0.1, 0.15) is 22.3 Å². The number of halogens is 3. The fourth-order valence-electron chi connectivity index (χ4n) is 2.54. The lowest BCUT2D eigenvalue weighted by Crippen LogP contribution is -2.56. The maximum Gasteiger partial charge on any atom is 0.438 e. The SMILES string of the molecule is COc1ccc(C(=O)N2N=C(c3ccncc3)C[C@@]2(O)C(F)(F)F)cc1. The molecule has 2 aromatic rings. The third kappa shape index (κ3) is 3.01. The van der Waals surface area contributed by atoms with E-state index in [1.807, 2.05) is 0 Å². The largest absolute Gasteiger partial charge is 0.497 e. The molecular weight excluding hydrogens is 351 g/mol. The van der Waals surface area contributed by atoms with Crippen molar-refractivity contribution in [3.63, 3.8) is 0 Å². The Morgan fingerprint density at radius 2 is 1.81 bits per heavy atom. The van der Waals surface area contributed by atoms with E-state index in [4.69, 9.17) is 4.74 Å². The van der Waals surface area contributed by atoms with Crippen LogP contribution in [0.25, 0.3) is 0 Å². The predicted octanol–water partition coefficient (Wildman–Crippen LogP) is 2.59. The molecule has 0 unspecified atom stereocenters. The van der Waals surface area contributed by atoms with Crippen molar-refractivity contribution >= 4 is 11.6 Å². The summed E-state index contributed by atoms with van der Waals surface area (Å²) in [6, 6.07) is 8.39. The van der Waals surface area contributed by atoms with Gasteiger partial charge in [0.25, 0.3) is 11.6 Å². The van der Waals surface area contributed by atoms with Crippen molar-refractivity contribution in [1.29, 1.82) is 0 Å².